The van der Waals surface area contributed by atoms with Gasteiger partial charge >= 0.3 is 5.97 Å². The van der Waals surface area contributed by atoms with Crippen molar-refractivity contribution in [3.63, 3.8) is 0 Å². The van der Waals surface area contributed by atoms with Crippen molar-refractivity contribution in [1.29, 1.82) is 0 Å². The zero-order valence-electron chi connectivity index (χ0n) is 17.8. The Morgan fingerprint density at radius 2 is 1.56 bits per heavy atom. The molecule has 1 heterocycles. The Balaban J connectivity index is 1.37. The van der Waals surface area contributed by atoms with Crippen LogP contribution in [0, 0.1) is 0 Å². The number of carbonyl (C=O) groups excluding carboxylic acids is 2. The molecule has 0 bridgehead atoms. The molecule has 0 aromatic heterocycles. The Morgan fingerprint density at radius 3 is 2.22 bits per heavy atom. The van der Waals surface area contributed by atoms with Crippen LogP contribution < -0.4 is 5.32 Å². The van der Waals surface area contributed by atoms with E-state index in [-0.39, 0.29) is 18.9 Å². The fourth-order valence-electron chi connectivity index (χ4n) is 3.76. The summed E-state index contributed by atoms with van der Waals surface area (Å²) in [5.41, 5.74) is 2.99. The molecule has 6 heteroatoms. The first-order valence-corrected chi connectivity index (χ1v) is 10.4. The van der Waals surface area contributed by atoms with Gasteiger partial charge in [0, 0.05) is 18.4 Å². The van der Waals surface area contributed by atoms with Crippen LogP contribution in [0.5, 0.6) is 0 Å². The second-order valence-electron chi connectivity index (χ2n) is 7.70. The largest absolute Gasteiger partial charge is 0.466 e. The molecule has 0 aliphatic carbocycles. The first kappa shape index (κ1) is 21.3. The molecule has 0 saturated carbocycles. The summed E-state index contributed by atoms with van der Waals surface area (Å²) in [6.45, 7) is 0.187. The van der Waals surface area contributed by atoms with E-state index in [1.165, 1.54) is 7.11 Å². The number of nitrogens with zero attached hydrogens (tertiary/aromatic N) is 1. The highest BCUT2D eigenvalue weighted by Gasteiger charge is 2.47. The van der Waals surface area contributed by atoms with Crippen LogP contribution >= 0.6 is 0 Å². The molecule has 162 valence electrons. The molecule has 0 saturated heterocycles. The van der Waals surface area contributed by atoms with E-state index in [2.05, 4.69) is 10.5 Å². The summed E-state index contributed by atoms with van der Waals surface area (Å²) in [7, 11) is 1.33. The van der Waals surface area contributed by atoms with Crippen molar-refractivity contribution in [3.8, 4) is 11.1 Å². The molecule has 1 aliphatic heterocycles. The smallest absolute Gasteiger partial charge is 0.353 e. The lowest BCUT2D eigenvalue weighted by Gasteiger charge is -2.23. The maximum Gasteiger partial charge on any atom is 0.353 e. The predicted molar refractivity (Wildman–Crippen MR) is 122 cm³/mol. The number of carbonyl (C=O) groups is 2. The lowest BCUT2D eigenvalue weighted by molar-refractivity contribution is -0.166. The number of esters is 1. The minimum Gasteiger partial charge on any atom is -0.466 e. The van der Waals surface area contributed by atoms with Gasteiger partial charge in [0.15, 0.2) is 0 Å². The Kier molecular flexibility index (Phi) is 6.31. The fourth-order valence-corrected chi connectivity index (χ4v) is 3.76. The highest BCUT2D eigenvalue weighted by atomic mass is 16.7. The summed E-state index contributed by atoms with van der Waals surface area (Å²) in [6, 6.07) is 27.0. The van der Waals surface area contributed by atoms with Gasteiger partial charge in [0.1, 0.15) is 0 Å². The van der Waals surface area contributed by atoms with E-state index in [1.807, 2.05) is 72.8 Å². The van der Waals surface area contributed by atoms with Gasteiger partial charge in [-0.2, -0.15) is 0 Å². The van der Waals surface area contributed by atoms with Crippen LogP contribution in [0.4, 0.5) is 0 Å². The molecule has 1 N–H and O–H groups in total. The summed E-state index contributed by atoms with van der Waals surface area (Å²) in [5, 5.41) is 6.93. The van der Waals surface area contributed by atoms with E-state index in [4.69, 9.17) is 9.57 Å². The molecule has 4 rings (SSSR count). The van der Waals surface area contributed by atoms with Crippen LogP contribution in [0.3, 0.4) is 0 Å². The van der Waals surface area contributed by atoms with E-state index < -0.39 is 11.6 Å². The van der Waals surface area contributed by atoms with Crippen molar-refractivity contribution in [2.45, 2.75) is 18.4 Å². The monoisotopic (exact) mass is 428 g/mol. The van der Waals surface area contributed by atoms with Crippen molar-refractivity contribution >= 4 is 17.6 Å². The molecule has 0 spiro atoms. The SMILES string of the molecule is COC(=O)C1(Cc2ccccc2)CC(CNC(=O)c2ccc(-c3ccccc3)cc2)=NO1. The van der Waals surface area contributed by atoms with Crippen molar-refractivity contribution < 1.29 is 19.2 Å². The second kappa shape index (κ2) is 9.47. The lowest BCUT2D eigenvalue weighted by Crippen LogP contribution is -2.43. The summed E-state index contributed by atoms with van der Waals surface area (Å²) in [5.74, 6) is -0.700. The van der Waals surface area contributed by atoms with Gasteiger partial charge in [0.2, 0.25) is 5.60 Å². The molecule has 0 radical (unpaired) electrons. The van der Waals surface area contributed by atoms with Crippen molar-refractivity contribution in [2.75, 3.05) is 13.7 Å². The van der Waals surface area contributed by atoms with E-state index >= 15 is 0 Å². The number of ether oxygens (including phenoxy) is 1. The first-order chi connectivity index (χ1) is 15.6. The summed E-state index contributed by atoms with van der Waals surface area (Å²) >= 11 is 0. The van der Waals surface area contributed by atoms with Crippen LogP contribution in [0.1, 0.15) is 22.3 Å². The van der Waals surface area contributed by atoms with Gasteiger partial charge in [-0.25, -0.2) is 4.79 Å². The third kappa shape index (κ3) is 4.70. The summed E-state index contributed by atoms with van der Waals surface area (Å²) < 4.78 is 4.98. The van der Waals surface area contributed by atoms with Crippen molar-refractivity contribution in [2.24, 2.45) is 5.16 Å². The number of benzene rings is 3. The van der Waals surface area contributed by atoms with Crippen molar-refractivity contribution in [1.82, 2.24) is 5.32 Å². The summed E-state index contributed by atoms with van der Waals surface area (Å²) in [4.78, 5) is 30.7. The Morgan fingerprint density at radius 1 is 0.938 bits per heavy atom. The quantitative estimate of drug-likeness (QED) is 0.577. The van der Waals surface area contributed by atoms with E-state index in [0.29, 0.717) is 17.7 Å². The number of rotatable bonds is 7. The van der Waals surface area contributed by atoms with Crippen LogP contribution in [0.2, 0.25) is 0 Å². The fraction of sp³-hybridized carbons (Fsp3) is 0.192. The van der Waals surface area contributed by atoms with Gasteiger partial charge in [0.25, 0.3) is 5.91 Å². The Labute approximate surface area is 186 Å². The third-order valence-electron chi connectivity index (χ3n) is 5.44. The molecule has 1 unspecified atom stereocenters. The minimum atomic E-state index is -1.21. The number of methoxy groups -OCH3 is 1. The molecule has 1 amide bonds. The maximum absolute atomic E-state index is 12.6. The second-order valence-corrected chi connectivity index (χ2v) is 7.70. The van der Waals surface area contributed by atoms with Crippen molar-refractivity contribution in [3.05, 3.63) is 96.1 Å². The lowest BCUT2D eigenvalue weighted by atomic mass is 9.89. The minimum absolute atomic E-state index is 0.187. The molecule has 0 fully saturated rings. The predicted octanol–water partition coefficient (Wildman–Crippen LogP) is 4.01. The molecular formula is C26H24N2O4. The zero-order chi connectivity index (χ0) is 22.4. The van der Waals surface area contributed by atoms with Gasteiger partial charge < -0.3 is 14.9 Å². The Hall–Kier alpha value is -3.93. The molecule has 1 atom stereocenters. The number of hydrogen-bond donors (Lipinski definition) is 1. The third-order valence-corrected chi connectivity index (χ3v) is 5.44. The van der Waals surface area contributed by atoms with Gasteiger partial charge in [-0.1, -0.05) is 78.0 Å². The Bertz CT molecular complexity index is 1110. The topological polar surface area (TPSA) is 77.0 Å². The molecule has 3 aromatic carbocycles. The summed E-state index contributed by atoms with van der Waals surface area (Å²) in [6.07, 6.45) is 0.588. The van der Waals surface area contributed by atoms with Gasteiger partial charge in [0.05, 0.1) is 19.4 Å². The molecule has 3 aromatic rings. The highest BCUT2D eigenvalue weighted by Crippen LogP contribution is 2.30. The highest BCUT2D eigenvalue weighted by molar-refractivity contribution is 6.00. The van der Waals surface area contributed by atoms with Gasteiger partial charge in [-0.05, 0) is 28.8 Å². The molecular weight excluding hydrogens is 404 g/mol. The van der Waals surface area contributed by atoms with Crippen LogP contribution in [-0.4, -0.2) is 36.8 Å². The van der Waals surface area contributed by atoms with E-state index in [9.17, 15) is 9.59 Å². The standard InChI is InChI=1S/C26H24N2O4/c1-31-25(30)26(16-19-8-4-2-5-9-19)17-23(28-32-26)18-27-24(29)22-14-12-21(13-15-22)20-10-6-3-7-11-20/h2-15H,16-18H2,1H3,(H,27,29). The number of nitrogens with one attached hydrogen (secondary N) is 1. The number of amides is 1. The van der Waals surface area contributed by atoms with E-state index in [0.717, 1.165) is 16.7 Å². The number of hydrogen-bond acceptors (Lipinski definition) is 5. The molecule has 32 heavy (non-hydrogen) atoms. The van der Waals surface area contributed by atoms with Gasteiger partial charge in [-0.3, -0.25) is 4.79 Å². The van der Waals surface area contributed by atoms with Crippen LogP contribution in [-0.2, 0) is 20.8 Å². The maximum atomic E-state index is 12.6. The first-order valence-electron chi connectivity index (χ1n) is 10.4. The molecule has 1 aliphatic rings. The van der Waals surface area contributed by atoms with Crippen LogP contribution in [0.15, 0.2) is 90.1 Å². The van der Waals surface area contributed by atoms with Crippen LogP contribution in [0.25, 0.3) is 11.1 Å². The molecule has 6 nitrogen and oxygen atoms in total. The zero-order valence-corrected chi connectivity index (χ0v) is 17.8. The normalized spacial score (nSPS) is 17.2. The van der Waals surface area contributed by atoms with Gasteiger partial charge in [-0.15, -0.1) is 0 Å². The average Bonchev–Trinajstić information content (AvgIpc) is 3.27. The van der Waals surface area contributed by atoms with E-state index in [1.54, 1.807) is 12.1 Å². The average molecular weight is 428 g/mol. The number of oxime groups is 1.